The van der Waals surface area contributed by atoms with Gasteiger partial charge in [0.25, 0.3) is 0 Å². The van der Waals surface area contributed by atoms with Crippen molar-refractivity contribution in [3.05, 3.63) is 24.2 Å². The minimum Gasteiger partial charge on any atom is -0.467 e. The summed E-state index contributed by atoms with van der Waals surface area (Å²) in [4.78, 5) is 9.64. The lowest BCUT2D eigenvalue weighted by Crippen LogP contribution is -2.62. The van der Waals surface area contributed by atoms with Crippen molar-refractivity contribution in [3.8, 4) is 0 Å². The van der Waals surface area contributed by atoms with Crippen molar-refractivity contribution < 1.29 is 9.15 Å². The van der Waals surface area contributed by atoms with E-state index < -0.39 is 0 Å². The van der Waals surface area contributed by atoms with Gasteiger partial charge in [-0.05, 0) is 77.5 Å². The van der Waals surface area contributed by atoms with E-state index in [1.165, 1.54) is 58.3 Å². The Hall–Kier alpha value is -1.57. The summed E-state index contributed by atoms with van der Waals surface area (Å²) in [5.74, 6) is 1.77. The quantitative estimate of drug-likeness (QED) is 0.373. The second kappa shape index (κ2) is 11.6. The van der Waals surface area contributed by atoms with Crippen LogP contribution in [0.5, 0.6) is 0 Å². The molecule has 29 heavy (non-hydrogen) atoms. The van der Waals surface area contributed by atoms with Crippen molar-refractivity contribution in [2.45, 2.75) is 50.7 Å². The van der Waals surface area contributed by atoms with Crippen LogP contribution in [0, 0.1) is 0 Å². The highest BCUT2D eigenvalue weighted by molar-refractivity contribution is 5.79. The fourth-order valence-corrected chi connectivity index (χ4v) is 4.43. The van der Waals surface area contributed by atoms with Gasteiger partial charge in [0.15, 0.2) is 5.96 Å². The van der Waals surface area contributed by atoms with Gasteiger partial charge >= 0.3 is 0 Å². The zero-order valence-corrected chi connectivity index (χ0v) is 18.3. The van der Waals surface area contributed by atoms with Gasteiger partial charge in [0, 0.05) is 32.3 Å². The molecule has 1 aromatic rings. The average Bonchev–Trinajstić information content (AvgIpc) is 3.28. The summed E-state index contributed by atoms with van der Waals surface area (Å²) in [7, 11) is 4.09. The number of hydrogen-bond acceptors (Lipinski definition) is 5. The van der Waals surface area contributed by atoms with Gasteiger partial charge in [0.1, 0.15) is 12.4 Å². The molecule has 164 valence electrons. The minimum absolute atomic E-state index is 0.261. The summed E-state index contributed by atoms with van der Waals surface area (Å²) in [5, 5.41) is 7.07. The number of likely N-dealkylation sites (tertiary alicyclic amines) is 2. The number of piperidine rings is 2. The van der Waals surface area contributed by atoms with E-state index in [2.05, 4.69) is 32.5 Å². The zero-order chi connectivity index (χ0) is 20.4. The van der Waals surface area contributed by atoms with E-state index in [1.54, 1.807) is 6.26 Å². The SMILES string of the molecule is CN=C(NCCCOCc1ccco1)NCC1(N2CCCCC2)CCN(C)CC1. The first kappa shape index (κ1) is 22.1. The average molecular weight is 406 g/mol. The molecule has 0 aromatic carbocycles. The molecule has 2 fully saturated rings. The highest BCUT2D eigenvalue weighted by Gasteiger charge is 2.39. The van der Waals surface area contributed by atoms with Crippen LogP contribution in [0.2, 0.25) is 0 Å². The standard InChI is InChI=1S/C22H39N5O2/c1-23-21(24-11-7-16-28-18-20-8-6-17-29-20)25-19-22(9-14-26(2)15-10-22)27-12-4-3-5-13-27/h6,8,17H,3-5,7,9-16,18-19H2,1-2H3,(H2,23,24,25). The van der Waals surface area contributed by atoms with E-state index in [1.807, 2.05) is 19.2 Å². The third-order valence-corrected chi connectivity index (χ3v) is 6.34. The number of ether oxygens (including phenoxy) is 1. The van der Waals surface area contributed by atoms with E-state index in [0.29, 0.717) is 13.2 Å². The van der Waals surface area contributed by atoms with Gasteiger partial charge in [-0.3, -0.25) is 9.89 Å². The monoisotopic (exact) mass is 405 g/mol. The molecule has 0 atom stereocenters. The molecule has 7 nitrogen and oxygen atoms in total. The van der Waals surface area contributed by atoms with E-state index in [9.17, 15) is 0 Å². The highest BCUT2D eigenvalue weighted by Crippen LogP contribution is 2.30. The molecule has 2 N–H and O–H groups in total. The number of rotatable bonds is 9. The van der Waals surface area contributed by atoms with E-state index in [0.717, 1.165) is 31.2 Å². The van der Waals surface area contributed by atoms with Gasteiger partial charge in [-0.2, -0.15) is 0 Å². The fraction of sp³-hybridized carbons (Fsp3) is 0.773. The van der Waals surface area contributed by atoms with E-state index >= 15 is 0 Å². The summed E-state index contributed by atoms with van der Waals surface area (Å²) in [5.41, 5.74) is 0.261. The Kier molecular flexibility index (Phi) is 8.83. The van der Waals surface area contributed by atoms with Crippen LogP contribution in [-0.4, -0.2) is 81.3 Å². The second-order valence-corrected chi connectivity index (χ2v) is 8.41. The van der Waals surface area contributed by atoms with Crippen LogP contribution in [0.15, 0.2) is 27.8 Å². The Bertz CT molecular complexity index is 590. The lowest BCUT2D eigenvalue weighted by molar-refractivity contribution is 0.0173. The van der Waals surface area contributed by atoms with Crippen LogP contribution < -0.4 is 10.6 Å². The maximum absolute atomic E-state index is 5.65. The first-order valence-electron chi connectivity index (χ1n) is 11.2. The Morgan fingerprint density at radius 1 is 1.17 bits per heavy atom. The molecule has 0 bridgehead atoms. The molecule has 3 rings (SSSR count). The lowest BCUT2D eigenvalue weighted by Gasteiger charge is -2.50. The van der Waals surface area contributed by atoms with Crippen molar-refractivity contribution in [2.24, 2.45) is 4.99 Å². The van der Waals surface area contributed by atoms with Crippen LogP contribution in [0.4, 0.5) is 0 Å². The van der Waals surface area contributed by atoms with Crippen LogP contribution in [-0.2, 0) is 11.3 Å². The summed E-state index contributed by atoms with van der Waals surface area (Å²) in [6.45, 7) is 7.89. The Balaban J connectivity index is 1.40. The number of nitrogens with one attached hydrogen (secondary N) is 2. The molecule has 0 spiro atoms. The van der Waals surface area contributed by atoms with Crippen molar-refractivity contribution in [3.63, 3.8) is 0 Å². The number of furan rings is 1. The van der Waals surface area contributed by atoms with Gasteiger partial charge < -0.3 is 24.7 Å². The van der Waals surface area contributed by atoms with Crippen molar-refractivity contribution in [2.75, 3.05) is 60.0 Å². The fourth-order valence-electron chi connectivity index (χ4n) is 4.43. The second-order valence-electron chi connectivity index (χ2n) is 8.41. The molecule has 2 saturated heterocycles. The zero-order valence-electron chi connectivity index (χ0n) is 18.3. The van der Waals surface area contributed by atoms with Crippen LogP contribution in [0.25, 0.3) is 0 Å². The first-order chi connectivity index (χ1) is 14.2. The first-order valence-corrected chi connectivity index (χ1v) is 11.2. The molecule has 7 heteroatoms. The van der Waals surface area contributed by atoms with E-state index in [4.69, 9.17) is 9.15 Å². The van der Waals surface area contributed by atoms with Gasteiger partial charge in [-0.15, -0.1) is 0 Å². The molecular weight excluding hydrogens is 366 g/mol. The molecule has 0 amide bonds. The number of guanidine groups is 1. The molecule has 1 aromatic heterocycles. The Morgan fingerprint density at radius 3 is 2.66 bits per heavy atom. The molecule has 0 radical (unpaired) electrons. The predicted molar refractivity (Wildman–Crippen MR) is 117 cm³/mol. The molecule has 3 heterocycles. The molecule has 0 saturated carbocycles. The van der Waals surface area contributed by atoms with Gasteiger partial charge in [-0.1, -0.05) is 6.42 Å². The van der Waals surface area contributed by atoms with Crippen molar-refractivity contribution >= 4 is 5.96 Å². The normalized spacial score (nSPS) is 21.2. The topological polar surface area (TPSA) is 65.3 Å². The third kappa shape index (κ3) is 6.73. The molecular formula is C22H39N5O2. The minimum atomic E-state index is 0.261. The molecule has 0 unspecified atom stereocenters. The third-order valence-electron chi connectivity index (χ3n) is 6.34. The highest BCUT2D eigenvalue weighted by atomic mass is 16.5. The van der Waals surface area contributed by atoms with Gasteiger partial charge in [-0.25, -0.2) is 0 Å². The summed E-state index contributed by atoms with van der Waals surface area (Å²) >= 11 is 0. The maximum atomic E-state index is 5.65. The smallest absolute Gasteiger partial charge is 0.191 e. The summed E-state index contributed by atoms with van der Waals surface area (Å²) in [6, 6.07) is 3.82. The Morgan fingerprint density at radius 2 is 1.97 bits per heavy atom. The van der Waals surface area contributed by atoms with Crippen molar-refractivity contribution in [1.29, 1.82) is 0 Å². The number of hydrogen-bond donors (Lipinski definition) is 2. The molecule has 2 aliphatic rings. The summed E-state index contributed by atoms with van der Waals surface area (Å²) in [6.07, 6.45) is 9.12. The predicted octanol–water partition coefficient (Wildman–Crippen LogP) is 2.30. The van der Waals surface area contributed by atoms with E-state index in [-0.39, 0.29) is 5.54 Å². The Labute approximate surface area is 175 Å². The van der Waals surface area contributed by atoms with Crippen molar-refractivity contribution in [1.82, 2.24) is 20.4 Å². The van der Waals surface area contributed by atoms with Crippen LogP contribution in [0.3, 0.4) is 0 Å². The molecule has 0 aliphatic carbocycles. The molecule has 2 aliphatic heterocycles. The van der Waals surface area contributed by atoms with Gasteiger partial charge in [0.05, 0.1) is 6.26 Å². The van der Waals surface area contributed by atoms with Gasteiger partial charge in [0.2, 0.25) is 0 Å². The van der Waals surface area contributed by atoms with Crippen LogP contribution >= 0.6 is 0 Å². The summed E-state index contributed by atoms with van der Waals surface area (Å²) < 4.78 is 10.9. The lowest BCUT2D eigenvalue weighted by atomic mass is 9.84. The largest absolute Gasteiger partial charge is 0.467 e. The maximum Gasteiger partial charge on any atom is 0.191 e. The number of nitrogens with zero attached hydrogens (tertiary/aromatic N) is 3. The van der Waals surface area contributed by atoms with Crippen LogP contribution in [0.1, 0.15) is 44.3 Å². The number of aliphatic imine (C=N–C) groups is 1.